The Morgan fingerprint density at radius 2 is 1.71 bits per heavy atom. The van der Waals surface area contributed by atoms with Crippen LogP contribution >= 0.6 is 0 Å². The van der Waals surface area contributed by atoms with E-state index in [-0.39, 0.29) is 0 Å². The van der Waals surface area contributed by atoms with Crippen LogP contribution in [0.3, 0.4) is 0 Å². The zero-order chi connectivity index (χ0) is 12.7. The van der Waals surface area contributed by atoms with Gasteiger partial charge in [0.25, 0.3) is 0 Å². The molecule has 2 heteroatoms. The summed E-state index contributed by atoms with van der Waals surface area (Å²) in [5, 5.41) is 3.64. The van der Waals surface area contributed by atoms with Gasteiger partial charge in [-0.05, 0) is 43.9 Å². The number of nitrogens with zero attached hydrogens (tertiary/aromatic N) is 1. The molecular weight excluding hydrogens is 208 g/mol. The Balaban J connectivity index is 2.28. The van der Waals surface area contributed by atoms with Gasteiger partial charge in [-0.1, -0.05) is 26.7 Å². The van der Waals surface area contributed by atoms with Crippen LogP contribution < -0.4 is 5.32 Å². The summed E-state index contributed by atoms with van der Waals surface area (Å²) in [7, 11) is 0. The van der Waals surface area contributed by atoms with E-state index in [9.17, 15) is 0 Å². The summed E-state index contributed by atoms with van der Waals surface area (Å²) in [6, 6.07) is 5.15. The fraction of sp³-hybridized carbons (Fsp3) is 0.667. The lowest BCUT2D eigenvalue weighted by Gasteiger charge is -2.20. The van der Waals surface area contributed by atoms with Crippen molar-refractivity contribution in [2.45, 2.75) is 59.0 Å². The molecule has 1 heterocycles. The lowest BCUT2D eigenvalue weighted by atomic mass is 10.0. The number of hydrogen-bond acceptors (Lipinski definition) is 2. The van der Waals surface area contributed by atoms with Crippen molar-refractivity contribution in [3.8, 4) is 0 Å². The average Bonchev–Trinajstić information content (AvgIpc) is 2.29. The predicted octanol–water partition coefficient (Wildman–Crippen LogP) is 3.95. The molecular formula is C15H26N2. The molecule has 0 aromatic carbocycles. The van der Waals surface area contributed by atoms with Gasteiger partial charge in [0.15, 0.2) is 0 Å². The van der Waals surface area contributed by atoms with Gasteiger partial charge in [-0.15, -0.1) is 0 Å². The third kappa shape index (κ3) is 5.83. The number of hydrogen-bond donors (Lipinski definition) is 1. The summed E-state index contributed by atoms with van der Waals surface area (Å²) in [4.78, 5) is 4.05. The van der Waals surface area contributed by atoms with Crippen molar-refractivity contribution in [3.05, 3.63) is 30.1 Å². The van der Waals surface area contributed by atoms with Gasteiger partial charge in [-0.2, -0.15) is 0 Å². The first-order valence-electron chi connectivity index (χ1n) is 6.75. The minimum Gasteiger partial charge on any atom is -0.308 e. The predicted molar refractivity (Wildman–Crippen MR) is 73.9 cm³/mol. The topological polar surface area (TPSA) is 24.9 Å². The molecule has 0 fully saturated rings. The molecule has 1 aromatic rings. The van der Waals surface area contributed by atoms with Crippen LogP contribution in [0.15, 0.2) is 24.5 Å². The molecule has 0 radical (unpaired) electrons. The Hall–Kier alpha value is -0.890. The zero-order valence-electron chi connectivity index (χ0n) is 11.6. The van der Waals surface area contributed by atoms with Crippen LogP contribution in [0.5, 0.6) is 0 Å². The third-order valence-electron chi connectivity index (χ3n) is 3.16. The Morgan fingerprint density at radius 1 is 1.06 bits per heavy atom. The lowest BCUT2D eigenvalue weighted by Crippen LogP contribution is -2.28. The number of pyridine rings is 1. The smallest absolute Gasteiger partial charge is 0.0295 e. The Morgan fingerprint density at radius 3 is 2.29 bits per heavy atom. The molecule has 96 valence electrons. The highest BCUT2D eigenvalue weighted by Crippen LogP contribution is 2.14. The zero-order valence-corrected chi connectivity index (χ0v) is 11.6. The summed E-state index contributed by atoms with van der Waals surface area (Å²) >= 11 is 0. The summed E-state index contributed by atoms with van der Waals surface area (Å²) in [5.41, 5.74) is 1.32. The fourth-order valence-electron chi connectivity index (χ4n) is 2.09. The number of aromatic nitrogens is 1. The van der Waals surface area contributed by atoms with Gasteiger partial charge in [0.2, 0.25) is 0 Å². The van der Waals surface area contributed by atoms with E-state index < -0.39 is 0 Å². The van der Waals surface area contributed by atoms with E-state index in [4.69, 9.17) is 0 Å². The molecule has 2 nitrogen and oxygen atoms in total. The third-order valence-corrected chi connectivity index (χ3v) is 3.16. The Bertz CT molecular complexity index is 295. The maximum Gasteiger partial charge on any atom is 0.0295 e. The minimum atomic E-state index is 0.409. The van der Waals surface area contributed by atoms with Crippen molar-refractivity contribution in [1.29, 1.82) is 0 Å². The molecule has 0 aliphatic rings. The fourth-order valence-corrected chi connectivity index (χ4v) is 2.09. The van der Waals surface area contributed by atoms with Gasteiger partial charge >= 0.3 is 0 Å². The molecule has 0 aliphatic heterocycles. The van der Waals surface area contributed by atoms with E-state index in [0.717, 1.165) is 5.92 Å². The molecule has 0 saturated carbocycles. The van der Waals surface area contributed by atoms with Crippen LogP contribution in [0.4, 0.5) is 0 Å². The summed E-state index contributed by atoms with van der Waals surface area (Å²) in [6.07, 6.45) is 7.62. The van der Waals surface area contributed by atoms with E-state index in [0.29, 0.717) is 12.1 Å². The van der Waals surface area contributed by atoms with Gasteiger partial charge in [-0.25, -0.2) is 0 Å². The quantitative estimate of drug-likeness (QED) is 0.772. The molecule has 1 rings (SSSR count). The van der Waals surface area contributed by atoms with Crippen molar-refractivity contribution in [1.82, 2.24) is 10.3 Å². The highest BCUT2D eigenvalue weighted by molar-refractivity contribution is 5.14. The Labute approximate surface area is 106 Å². The minimum absolute atomic E-state index is 0.409. The molecule has 0 amide bonds. The number of nitrogens with one attached hydrogen (secondary N) is 1. The van der Waals surface area contributed by atoms with Crippen molar-refractivity contribution in [2.24, 2.45) is 5.92 Å². The first-order chi connectivity index (χ1) is 8.09. The SMILES string of the molecule is CC(C)CCCC(C)NC(C)c1ccncc1. The van der Waals surface area contributed by atoms with Gasteiger partial charge in [0, 0.05) is 24.5 Å². The highest BCUT2D eigenvalue weighted by Gasteiger charge is 2.09. The van der Waals surface area contributed by atoms with Gasteiger partial charge < -0.3 is 5.32 Å². The second kappa shape index (κ2) is 7.44. The summed E-state index contributed by atoms with van der Waals surface area (Å²) in [6.45, 7) is 9.07. The standard InChI is InChI=1S/C15H26N2/c1-12(2)6-5-7-13(3)17-14(4)15-8-10-16-11-9-15/h8-14,17H,5-7H2,1-4H3. The maximum absolute atomic E-state index is 4.05. The lowest BCUT2D eigenvalue weighted by molar-refractivity contribution is 0.423. The van der Waals surface area contributed by atoms with Crippen LogP contribution in [0.2, 0.25) is 0 Å². The monoisotopic (exact) mass is 234 g/mol. The van der Waals surface area contributed by atoms with Crippen LogP contribution in [0.1, 0.15) is 58.6 Å². The molecule has 0 bridgehead atoms. The van der Waals surface area contributed by atoms with E-state index in [1.807, 2.05) is 12.4 Å². The van der Waals surface area contributed by atoms with Crippen LogP contribution in [0.25, 0.3) is 0 Å². The highest BCUT2D eigenvalue weighted by atomic mass is 14.9. The van der Waals surface area contributed by atoms with E-state index in [1.54, 1.807) is 0 Å². The Kier molecular flexibility index (Phi) is 6.20. The molecule has 0 saturated heterocycles. The van der Waals surface area contributed by atoms with Crippen LogP contribution in [-0.2, 0) is 0 Å². The second-order valence-corrected chi connectivity index (χ2v) is 5.39. The van der Waals surface area contributed by atoms with Crippen molar-refractivity contribution in [3.63, 3.8) is 0 Å². The first kappa shape index (κ1) is 14.2. The second-order valence-electron chi connectivity index (χ2n) is 5.39. The van der Waals surface area contributed by atoms with Crippen molar-refractivity contribution >= 4 is 0 Å². The van der Waals surface area contributed by atoms with E-state index >= 15 is 0 Å². The van der Waals surface area contributed by atoms with Crippen molar-refractivity contribution < 1.29 is 0 Å². The summed E-state index contributed by atoms with van der Waals surface area (Å²) in [5.74, 6) is 0.819. The van der Waals surface area contributed by atoms with E-state index in [2.05, 4.69) is 50.1 Å². The molecule has 0 aliphatic carbocycles. The van der Waals surface area contributed by atoms with Crippen LogP contribution in [-0.4, -0.2) is 11.0 Å². The number of rotatable bonds is 7. The molecule has 2 unspecified atom stereocenters. The van der Waals surface area contributed by atoms with Gasteiger partial charge in [-0.3, -0.25) is 4.98 Å². The van der Waals surface area contributed by atoms with Crippen molar-refractivity contribution in [2.75, 3.05) is 0 Å². The van der Waals surface area contributed by atoms with E-state index in [1.165, 1.54) is 24.8 Å². The normalized spacial score (nSPS) is 14.9. The maximum atomic E-state index is 4.05. The van der Waals surface area contributed by atoms with Gasteiger partial charge in [0.1, 0.15) is 0 Å². The van der Waals surface area contributed by atoms with Crippen LogP contribution in [0, 0.1) is 5.92 Å². The largest absolute Gasteiger partial charge is 0.308 e. The van der Waals surface area contributed by atoms with Gasteiger partial charge in [0.05, 0.1) is 0 Å². The molecule has 17 heavy (non-hydrogen) atoms. The molecule has 0 spiro atoms. The first-order valence-corrected chi connectivity index (χ1v) is 6.75. The molecule has 1 N–H and O–H groups in total. The summed E-state index contributed by atoms with van der Waals surface area (Å²) < 4.78 is 0. The average molecular weight is 234 g/mol. The molecule has 2 atom stereocenters. The molecule has 1 aromatic heterocycles.